The predicted molar refractivity (Wildman–Crippen MR) is 78.0 cm³/mol. The second-order valence-electron chi connectivity index (χ2n) is 5.01. The third kappa shape index (κ3) is 2.11. The summed E-state index contributed by atoms with van der Waals surface area (Å²) in [4.78, 5) is 23.6. The Morgan fingerprint density at radius 1 is 1.33 bits per heavy atom. The maximum absolute atomic E-state index is 12.3. The number of aromatic carboxylic acids is 1. The van der Waals surface area contributed by atoms with Gasteiger partial charge in [0, 0.05) is 18.3 Å². The Balaban J connectivity index is 2.39. The van der Waals surface area contributed by atoms with Crippen LogP contribution in [-0.2, 0) is 13.0 Å². The van der Waals surface area contributed by atoms with Crippen molar-refractivity contribution in [3.8, 4) is 17.0 Å². The molecule has 5 heteroatoms. The van der Waals surface area contributed by atoms with E-state index in [2.05, 4.69) is 0 Å². The minimum atomic E-state index is -1.23. The maximum Gasteiger partial charge on any atom is 0.341 e. The Bertz CT molecular complexity index is 776. The summed E-state index contributed by atoms with van der Waals surface area (Å²) in [7, 11) is 1.40. The Hall–Kier alpha value is -2.56. The minimum absolute atomic E-state index is 0.101. The van der Waals surface area contributed by atoms with Gasteiger partial charge in [-0.05, 0) is 18.4 Å². The third-order valence-electron chi connectivity index (χ3n) is 3.79. The Morgan fingerprint density at radius 3 is 2.81 bits per heavy atom. The molecule has 0 unspecified atom stereocenters. The van der Waals surface area contributed by atoms with Crippen LogP contribution in [0.1, 0.15) is 22.3 Å². The number of hydrogen-bond donors (Lipinski definition) is 1. The minimum Gasteiger partial charge on any atom is -0.491 e. The first-order valence-electron chi connectivity index (χ1n) is 6.76. The molecule has 2 aromatic rings. The number of carbonyl (C=O) groups is 1. The first-order chi connectivity index (χ1) is 10.1. The number of carboxylic acids is 1. The molecule has 1 aliphatic heterocycles. The lowest BCUT2D eigenvalue weighted by Gasteiger charge is -2.16. The highest BCUT2D eigenvalue weighted by atomic mass is 16.5. The molecule has 1 aromatic carbocycles. The fourth-order valence-corrected chi connectivity index (χ4v) is 2.84. The van der Waals surface area contributed by atoms with Gasteiger partial charge in [0.05, 0.1) is 12.8 Å². The fourth-order valence-electron chi connectivity index (χ4n) is 2.84. The van der Waals surface area contributed by atoms with Crippen LogP contribution < -0.4 is 10.2 Å². The van der Waals surface area contributed by atoms with Gasteiger partial charge in [-0.3, -0.25) is 4.79 Å². The second-order valence-corrected chi connectivity index (χ2v) is 5.01. The monoisotopic (exact) mass is 285 g/mol. The Kier molecular flexibility index (Phi) is 3.25. The SMILES string of the molecule is COc1c2n(cc(C(=O)O)c1=O)CCCc1ccccc1-2. The van der Waals surface area contributed by atoms with Crippen LogP contribution in [-0.4, -0.2) is 22.8 Å². The van der Waals surface area contributed by atoms with E-state index in [1.54, 1.807) is 0 Å². The van der Waals surface area contributed by atoms with Gasteiger partial charge in [0.15, 0.2) is 5.75 Å². The van der Waals surface area contributed by atoms with Crippen LogP contribution in [0.3, 0.4) is 0 Å². The average molecular weight is 285 g/mol. The van der Waals surface area contributed by atoms with Crippen molar-refractivity contribution in [3.63, 3.8) is 0 Å². The molecule has 0 atom stereocenters. The van der Waals surface area contributed by atoms with Crippen molar-refractivity contribution in [1.29, 1.82) is 0 Å². The smallest absolute Gasteiger partial charge is 0.341 e. The van der Waals surface area contributed by atoms with Crippen molar-refractivity contribution >= 4 is 5.97 Å². The highest BCUT2D eigenvalue weighted by Crippen LogP contribution is 2.33. The highest BCUT2D eigenvalue weighted by molar-refractivity contribution is 5.89. The van der Waals surface area contributed by atoms with Crippen LogP contribution in [0, 0.1) is 0 Å². The number of rotatable bonds is 2. The number of hydrogen-bond acceptors (Lipinski definition) is 3. The molecule has 0 spiro atoms. The Morgan fingerprint density at radius 2 is 2.10 bits per heavy atom. The van der Waals surface area contributed by atoms with Gasteiger partial charge in [-0.25, -0.2) is 4.79 Å². The Labute approximate surface area is 121 Å². The zero-order valence-electron chi connectivity index (χ0n) is 11.6. The van der Waals surface area contributed by atoms with E-state index in [1.807, 2.05) is 28.8 Å². The zero-order chi connectivity index (χ0) is 15.0. The second kappa shape index (κ2) is 5.09. The number of pyridine rings is 1. The molecule has 0 fully saturated rings. The quantitative estimate of drug-likeness (QED) is 0.918. The summed E-state index contributed by atoms with van der Waals surface area (Å²) in [5.41, 5.74) is 1.91. The third-order valence-corrected chi connectivity index (χ3v) is 3.79. The number of ether oxygens (including phenoxy) is 1. The molecule has 0 aliphatic carbocycles. The summed E-state index contributed by atoms with van der Waals surface area (Å²) in [6.45, 7) is 0.654. The van der Waals surface area contributed by atoms with Gasteiger partial charge in [0.2, 0.25) is 5.43 Å². The molecule has 5 nitrogen and oxygen atoms in total. The summed E-state index contributed by atoms with van der Waals surface area (Å²) >= 11 is 0. The fraction of sp³-hybridized carbons (Fsp3) is 0.250. The molecule has 1 aliphatic rings. The molecule has 2 heterocycles. The summed E-state index contributed by atoms with van der Waals surface area (Å²) in [5.74, 6) is -1.13. The van der Waals surface area contributed by atoms with Crippen molar-refractivity contribution < 1.29 is 14.6 Å². The summed E-state index contributed by atoms with van der Waals surface area (Å²) < 4.78 is 7.06. The van der Waals surface area contributed by atoms with E-state index in [4.69, 9.17) is 4.74 Å². The number of fused-ring (bicyclic) bond motifs is 3. The summed E-state index contributed by atoms with van der Waals surface area (Å²) in [5, 5.41) is 9.18. The molecule has 3 rings (SSSR count). The van der Waals surface area contributed by atoms with Gasteiger partial charge in [-0.1, -0.05) is 24.3 Å². The van der Waals surface area contributed by atoms with Gasteiger partial charge in [0.1, 0.15) is 5.56 Å². The standard InChI is InChI=1S/C16H15NO4/c1-21-15-13-11-7-3-2-5-10(11)6-4-8-17(13)9-12(14(15)18)16(19)20/h2-3,5,7,9H,4,6,8H2,1H3,(H,19,20). The summed E-state index contributed by atoms with van der Waals surface area (Å²) in [6, 6.07) is 7.84. The number of benzene rings is 1. The summed E-state index contributed by atoms with van der Waals surface area (Å²) in [6.07, 6.45) is 3.19. The first kappa shape index (κ1) is 13.4. The van der Waals surface area contributed by atoms with Crippen molar-refractivity contribution in [1.82, 2.24) is 4.57 Å². The molecule has 1 N–H and O–H groups in total. The average Bonchev–Trinajstić information content (AvgIpc) is 2.66. The van der Waals surface area contributed by atoms with E-state index < -0.39 is 11.4 Å². The molecule has 108 valence electrons. The van der Waals surface area contributed by atoms with Gasteiger partial charge in [0.25, 0.3) is 0 Å². The van der Waals surface area contributed by atoms with Crippen LogP contribution in [0.15, 0.2) is 35.3 Å². The lowest BCUT2D eigenvalue weighted by Crippen LogP contribution is -2.21. The molecule has 21 heavy (non-hydrogen) atoms. The normalized spacial score (nSPS) is 13.0. The number of aryl methyl sites for hydroxylation is 2. The van der Waals surface area contributed by atoms with E-state index >= 15 is 0 Å². The van der Waals surface area contributed by atoms with E-state index in [1.165, 1.54) is 13.3 Å². The van der Waals surface area contributed by atoms with Crippen LogP contribution in [0.5, 0.6) is 5.75 Å². The van der Waals surface area contributed by atoms with Gasteiger partial charge < -0.3 is 14.4 Å². The first-order valence-corrected chi connectivity index (χ1v) is 6.76. The largest absolute Gasteiger partial charge is 0.491 e. The molecule has 0 radical (unpaired) electrons. The molecule has 0 saturated heterocycles. The van der Waals surface area contributed by atoms with E-state index in [9.17, 15) is 14.7 Å². The lowest BCUT2D eigenvalue weighted by molar-refractivity contribution is 0.0694. The van der Waals surface area contributed by atoms with Crippen molar-refractivity contribution in [2.75, 3.05) is 7.11 Å². The van der Waals surface area contributed by atoms with Gasteiger partial charge >= 0.3 is 5.97 Å². The molecule has 0 bridgehead atoms. The number of nitrogens with zero attached hydrogens (tertiary/aromatic N) is 1. The van der Waals surface area contributed by atoms with Crippen LogP contribution >= 0.6 is 0 Å². The molecule has 0 saturated carbocycles. The molecular formula is C16H15NO4. The van der Waals surface area contributed by atoms with Gasteiger partial charge in [-0.15, -0.1) is 0 Å². The number of methoxy groups -OCH3 is 1. The van der Waals surface area contributed by atoms with Crippen LogP contribution in [0.4, 0.5) is 0 Å². The highest BCUT2D eigenvalue weighted by Gasteiger charge is 2.24. The van der Waals surface area contributed by atoms with Crippen LogP contribution in [0.25, 0.3) is 11.3 Å². The van der Waals surface area contributed by atoms with E-state index in [0.29, 0.717) is 12.2 Å². The zero-order valence-corrected chi connectivity index (χ0v) is 11.6. The lowest BCUT2D eigenvalue weighted by atomic mass is 10.0. The van der Waals surface area contributed by atoms with E-state index in [0.717, 1.165) is 24.0 Å². The predicted octanol–water partition coefficient (Wildman–Crippen LogP) is 2.17. The van der Waals surface area contributed by atoms with Gasteiger partial charge in [-0.2, -0.15) is 0 Å². The van der Waals surface area contributed by atoms with E-state index in [-0.39, 0.29) is 11.3 Å². The number of aromatic nitrogens is 1. The molecular weight excluding hydrogens is 270 g/mol. The van der Waals surface area contributed by atoms with Crippen molar-refractivity contribution in [3.05, 3.63) is 51.8 Å². The molecule has 1 aromatic heterocycles. The maximum atomic E-state index is 12.3. The topological polar surface area (TPSA) is 68.5 Å². The van der Waals surface area contributed by atoms with Crippen molar-refractivity contribution in [2.45, 2.75) is 19.4 Å². The van der Waals surface area contributed by atoms with Crippen LogP contribution in [0.2, 0.25) is 0 Å². The van der Waals surface area contributed by atoms with Crippen molar-refractivity contribution in [2.24, 2.45) is 0 Å². The number of carboxylic acid groups (broad SMARTS) is 1. The molecule has 0 amide bonds.